The Kier molecular flexibility index (Phi) is 6.73. The summed E-state index contributed by atoms with van der Waals surface area (Å²) in [4.78, 5) is 36.3. The molecule has 35 heavy (non-hydrogen) atoms. The molecule has 7 nitrogen and oxygen atoms in total. The van der Waals surface area contributed by atoms with Crippen LogP contribution in [0.3, 0.4) is 0 Å². The topological polar surface area (TPSA) is 110 Å². The highest BCUT2D eigenvalue weighted by Gasteiger charge is 2.58. The SMILES string of the molecule is C=C1CC[C@@H]2[C@](C)(COC(=O)c3ccccc3C(=O)O)[C@H](O)CC[C@@]2(C)[C@@H]1C/C=C1\C=COC1=O. The molecule has 1 aromatic rings. The van der Waals surface area contributed by atoms with Gasteiger partial charge in [0.25, 0.3) is 0 Å². The van der Waals surface area contributed by atoms with E-state index in [2.05, 4.69) is 13.5 Å². The molecular weight excluding hydrogens is 448 g/mol. The second-order valence-electron chi connectivity index (χ2n) is 10.4. The molecule has 2 saturated carbocycles. The summed E-state index contributed by atoms with van der Waals surface area (Å²) in [7, 11) is 0. The highest BCUT2D eigenvalue weighted by Crippen LogP contribution is 2.62. The monoisotopic (exact) mass is 480 g/mol. The van der Waals surface area contributed by atoms with E-state index in [1.54, 1.807) is 18.2 Å². The number of carbonyl (C=O) groups is 3. The van der Waals surface area contributed by atoms with Crippen LogP contribution in [0.25, 0.3) is 0 Å². The third kappa shape index (κ3) is 4.45. The van der Waals surface area contributed by atoms with Gasteiger partial charge in [-0.25, -0.2) is 14.4 Å². The average Bonchev–Trinajstić information content (AvgIpc) is 3.24. The summed E-state index contributed by atoms with van der Waals surface area (Å²) in [6.07, 6.45) is 7.86. The van der Waals surface area contributed by atoms with Gasteiger partial charge in [0, 0.05) is 5.41 Å². The summed E-state index contributed by atoms with van der Waals surface area (Å²) in [5.74, 6) is -2.12. The lowest BCUT2D eigenvalue weighted by atomic mass is 9.46. The Morgan fingerprint density at radius 2 is 1.94 bits per heavy atom. The zero-order chi connectivity index (χ0) is 25.4. The van der Waals surface area contributed by atoms with Crippen LogP contribution in [0.1, 0.15) is 66.7 Å². The smallest absolute Gasteiger partial charge is 0.342 e. The Balaban J connectivity index is 1.57. The highest BCUT2D eigenvalue weighted by molar-refractivity contribution is 6.02. The van der Waals surface area contributed by atoms with E-state index in [9.17, 15) is 24.6 Å². The molecule has 5 atom stereocenters. The number of cyclic esters (lactones) is 1. The van der Waals surface area contributed by atoms with Crippen molar-refractivity contribution < 1.29 is 34.1 Å². The van der Waals surface area contributed by atoms with Crippen molar-refractivity contribution in [2.75, 3.05) is 6.61 Å². The van der Waals surface area contributed by atoms with Crippen molar-refractivity contribution in [3.8, 4) is 0 Å². The van der Waals surface area contributed by atoms with Crippen molar-refractivity contribution in [1.82, 2.24) is 0 Å². The first-order chi connectivity index (χ1) is 16.6. The Morgan fingerprint density at radius 1 is 1.23 bits per heavy atom. The van der Waals surface area contributed by atoms with Crippen LogP contribution in [0.15, 0.2) is 60.4 Å². The molecule has 1 heterocycles. The third-order valence-corrected chi connectivity index (χ3v) is 8.48. The quantitative estimate of drug-likeness (QED) is 0.346. The second-order valence-corrected chi connectivity index (χ2v) is 10.4. The Labute approximate surface area is 205 Å². The number of hydrogen-bond donors (Lipinski definition) is 2. The largest absolute Gasteiger partial charge is 0.478 e. The maximum Gasteiger partial charge on any atom is 0.342 e. The van der Waals surface area contributed by atoms with E-state index < -0.39 is 23.5 Å². The van der Waals surface area contributed by atoms with Gasteiger partial charge in [0.1, 0.15) is 0 Å². The molecule has 4 rings (SSSR count). The molecule has 0 aromatic heterocycles. The van der Waals surface area contributed by atoms with Crippen molar-refractivity contribution in [3.63, 3.8) is 0 Å². The molecule has 7 heteroatoms. The van der Waals surface area contributed by atoms with Crippen LogP contribution >= 0.6 is 0 Å². The fourth-order valence-electron chi connectivity index (χ4n) is 6.46. The molecule has 1 aliphatic heterocycles. The lowest BCUT2D eigenvalue weighted by molar-refractivity contribution is -0.152. The lowest BCUT2D eigenvalue weighted by Crippen LogP contribution is -2.57. The molecule has 2 fully saturated rings. The predicted octanol–water partition coefficient (Wildman–Crippen LogP) is 4.68. The first-order valence-corrected chi connectivity index (χ1v) is 12.0. The summed E-state index contributed by atoms with van der Waals surface area (Å²) >= 11 is 0. The van der Waals surface area contributed by atoms with Crippen LogP contribution in [0.5, 0.6) is 0 Å². The van der Waals surface area contributed by atoms with Gasteiger partial charge in [-0.3, -0.25) is 0 Å². The fraction of sp³-hybridized carbons (Fsp3) is 0.464. The van der Waals surface area contributed by atoms with Gasteiger partial charge in [0.2, 0.25) is 0 Å². The average molecular weight is 481 g/mol. The first-order valence-electron chi connectivity index (χ1n) is 12.0. The van der Waals surface area contributed by atoms with Crippen molar-refractivity contribution in [2.24, 2.45) is 22.7 Å². The Bertz CT molecular complexity index is 1120. The van der Waals surface area contributed by atoms with Gasteiger partial charge in [-0.1, -0.05) is 44.2 Å². The van der Waals surface area contributed by atoms with Crippen LogP contribution in [-0.4, -0.2) is 40.8 Å². The Morgan fingerprint density at radius 3 is 2.60 bits per heavy atom. The molecule has 0 bridgehead atoms. The molecule has 0 amide bonds. The zero-order valence-corrected chi connectivity index (χ0v) is 20.2. The number of ether oxygens (including phenoxy) is 2. The first kappa shape index (κ1) is 24.9. The second kappa shape index (κ2) is 9.46. The summed E-state index contributed by atoms with van der Waals surface area (Å²) in [5, 5.41) is 20.5. The minimum atomic E-state index is -1.20. The maximum atomic E-state index is 12.9. The van der Waals surface area contributed by atoms with Crippen LogP contribution in [-0.2, 0) is 14.3 Å². The molecule has 2 N–H and O–H groups in total. The van der Waals surface area contributed by atoms with Crippen LogP contribution in [0.2, 0.25) is 0 Å². The minimum absolute atomic E-state index is 0.00492. The van der Waals surface area contributed by atoms with Crippen molar-refractivity contribution in [1.29, 1.82) is 0 Å². The van der Waals surface area contributed by atoms with Crippen molar-refractivity contribution >= 4 is 17.9 Å². The fourth-order valence-corrected chi connectivity index (χ4v) is 6.46. The minimum Gasteiger partial charge on any atom is -0.478 e. The van der Waals surface area contributed by atoms with Crippen LogP contribution in [0, 0.1) is 22.7 Å². The van der Waals surface area contributed by atoms with E-state index in [1.807, 2.05) is 13.0 Å². The number of aliphatic hydroxyl groups is 1. The van der Waals surface area contributed by atoms with Gasteiger partial charge in [0.15, 0.2) is 0 Å². The number of carbonyl (C=O) groups excluding carboxylic acids is 2. The molecule has 0 unspecified atom stereocenters. The number of allylic oxidation sites excluding steroid dienone is 2. The standard InChI is InChI=1S/C28H32O7/c1-17-8-11-22-27(2,21(17)10-9-18-13-15-34-25(18)32)14-12-23(29)28(22,3)16-35-26(33)20-7-5-4-6-19(20)24(30)31/h4-7,9,13,15,21-23,29H,1,8,10-12,14,16H2,2-3H3,(H,30,31)/b18-9+/t21-,22+,23-,27+,28+/m1/s1. The summed E-state index contributed by atoms with van der Waals surface area (Å²) < 4.78 is 10.6. The number of aliphatic hydroxyl groups excluding tert-OH is 1. The van der Waals surface area contributed by atoms with Gasteiger partial charge >= 0.3 is 17.9 Å². The number of esters is 2. The Hall–Kier alpha value is -3.19. The van der Waals surface area contributed by atoms with Gasteiger partial charge < -0.3 is 19.7 Å². The lowest BCUT2D eigenvalue weighted by Gasteiger charge is -2.60. The number of hydrogen-bond acceptors (Lipinski definition) is 6. The number of carboxylic acid groups (broad SMARTS) is 1. The molecule has 3 aliphatic rings. The van der Waals surface area contributed by atoms with E-state index in [4.69, 9.17) is 9.47 Å². The van der Waals surface area contributed by atoms with E-state index in [0.29, 0.717) is 18.4 Å². The molecule has 0 spiro atoms. The van der Waals surface area contributed by atoms with Gasteiger partial charge in [-0.2, -0.15) is 0 Å². The molecule has 1 aromatic carbocycles. The van der Waals surface area contributed by atoms with E-state index in [-0.39, 0.29) is 41.0 Å². The summed E-state index contributed by atoms with van der Waals surface area (Å²) in [6, 6.07) is 5.96. The number of fused-ring (bicyclic) bond motifs is 1. The third-order valence-electron chi connectivity index (χ3n) is 8.48. The predicted molar refractivity (Wildman–Crippen MR) is 128 cm³/mol. The normalized spacial score (nSPS) is 33.3. The van der Waals surface area contributed by atoms with E-state index in [0.717, 1.165) is 24.8 Å². The zero-order valence-electron chi connectivity index (χ0n) is 20.2. The van der Waals surface area contributed by atoms with Crippen LogP contribution in [0.4, 0.5) is 0 Å². The van der Waals surface area contributed by atoms with Gasteiger partial charge in [-0.05, 0) is 67.6 Å². The number of carboxylic acids is 1. The summed E-state index contributed by atoms with van der Waals surface area (Å²) in [6.45, 7) is 8.48. The van der Waals surface area contributed by atoms with Crippen molar-refractivity contribution in [2.45, 2.75) is 52.1 Å². The van der Waals surface area contributed by atoms with E-state index >= 15 is 0 Å². The number of benzene rings is 1. The van der Waals surface area contributed by atoms with Crippen LogP contribution < -0.4 is 0 Å². The van der Waals surface area contributed by atoms with Gasteiger partial charge in [0.05, 0.1) is 35.7 Å². The number of aromatic carboxylic acids is 1. The number of rotatable bonds is 6. The molecule has 0 saturated heterocycles. The van der Waals surface area contributed by atoms with E-state index in [1.165, 1.54) is 18.4 Å². The molecule has 186 valence electrons. The maximum absolute atomic E-state index is 12.9. The summed E-state index contributed by atoms with van der Waals surface area (Å²) in [5.41, 5.74) is 0.625. The van der Waals surface area contributed by atoms with Crippen molar-refractivity contribution in [3.05, 3.63) is 71.5 Å². The highest BCUT2D eigenvalue weighted by atomic mass is 16.5. The molecule has 2 aliphatic carbocycles. The molecular formula is C28H32O7. The molecule has 0 radical (unpaired) electrons. The van der Waals surface area contributed by atoms with Gasteiger partial charge in [-0.15, -0.1) is 0 Å².